The summed E-state index contributed by atoms with van der Waals surface area (Å²) in [7, 11) is 0. The van der Waals surface area contributed by atoms with Gasteiger partial charge >= 0.3 is 0 Å². The van der Waals surface area contributed by atoms with Crippen molar-refractivity contribution < 1.29 is 9.47 Å². The number of allylic oxidation sites excluding steroid dienone is 1. The molecule has 4 nitrogen and oxygen atoms in total. The van der Waals surface area contributed by atoms with E-state index >= 15 is 0 Å². The van der Waals surface area contributed by atoms with Gasteiger partial charge in [-0.3, -0.25) is 4.98 Å². The second-order valence-corrected chi connectivity index (χ2v) is 7.98. The minimum Gasteiger partial charge on any atom is -0.488 e. The first-order chi connectivity index (χ1) is 13.1. The van der Waals surface area contributed by atoms with Gasteiger partial charge in [0.25, 0.3) is 0 Å². The van der Waals surface area contributed by atoms with Crippen molar-refractivity contribution in [1.29, 1.82) is 0 Å². The van der Waals surface area contributed by atoms with Crippen molar-refractivity contribution >= 4 is 0 Å². The Bertz CT molecular complexity index is 814. The number of ether oxygens (including phenoxy) is 2. The lowest BCUT2D eigenvalue weighted by Gasteiger charge is -2.21. The van der Waals surface area contributed by atoms with E-state index in [1.165, 1.54) is 29.5 Å². The fourth-order valence-electron chi connectivity index (χ4n) is 4.03. The number of benzene rings is 1. The van der Waals surface area contributed by atoms with Crippen LogP contribution < -0.4 is 14.8 Å². The van der Waals surface area contributed by atoms with E-state index in [0.717, 1.165) is 30.9 Å². The molecule has 1 aliphatic heterocycles. The van der Waals surface area contributed by atoms with Crippen LogP contribution in [0.25, 0.3) is 0 Å². The number of para-hydroxylation sites is 1. The molecule has 1 atom stereocenters. The fraction of sp³-hybridized carbons (Fsp3) is 0.435. The third-order valence-electron chi connectivity index (χ3n) is 5.23. The molecule has 0 fully saturated rings. The van der Waals surface area contributed by atoms with Gasteiger partial charge in [-0.2, -0.15) is 0 Å². The van der Waals surface area contributed by atoms with E-state index in [1.807, 2.05) is 30.6 Å². The lowest BCUT2D eigenvalue weighted by atomic mass is 10.00. The van der Waals surface area contributed by atoms with Crippen LogP contribution >= 0.6 is 0 Å². The third-order valence-corrected chi connectivity index (χ3v) is 5.23. The number of nitrogens with one attached hydrogen (secondary N) is 1. The Morgan fingerprint density at radius 1 is 1.26 bits per heavy atom. The SMILES string of the molecule is CC1(C)Cc2cccc(OCCN[C@H](C3=CCCC3)c3cccnc3)c2O1. The highest BCUT2D eigenvalue weighted by Gasteiger charge is 2.32. The molecular weight excluding hydrogens is 336 g/mol. The summed E-state index contributed by atoms with van der Waals surface area (Å²) < 4.78 is 12.2. The number of pyridine rings is 1. The Morgan fingerprint density at radius 3 is 2.96 bits per heavy atom. The summed E-state index contributed by atoms with van der Waals surface area (Å²) in [5.41, 5.74) is 3.76. The molecule has 1 aromatic carbocycles. The molecule has 1 N–H and O–H groups in total. The Hall–Kier alpha value is -2.33. The first-order valence-corrected chi connectivity index (χ1v) is 9.88. The zero-order valence-corrected chi connectivity index (χ0v) is 16.2. The van der Waals surface area contributed by atoms with Crippen LogP contribution in [0.1, 0.15) is 50.3 Å². The van der Waals surface area contributed by atoms with E-state index in [0.29, 0.717) is 6.61 Å². The maximum atomic E-state index is 6.09. The largest absolute Gasteiger partial charge is 0.488 e. The zero-order valence-electron chi connectivity index (χ0n) is 16.2. The molecule has 0 saturated heterocycles. The van der Waals surface area contributed by atoms with Gasteiger partial charge in [0.2, 0.25) is 0 Å². The van der Waals surface area contributed by atoms with Crippen LogP contribution in [0.15, 0.2) is 54.4 Å². The molecule has 4 heteroatoms. The van der Waals surface area contributed by atoms with Crippen LogP contribution in [0.4, 0.5) is 0 Å². The summed E-state index contributed by atoms with van der Waals surface area (Å²) in [4.78, 5) is 4.29. The molecule has 1 aliphatic carbocycles. The predicted molar refractivity (Wildman–Crippen MR) is 107 cm³/mol. The first kappa shape index (κ1) is 18.1. The average molecular weight is 364 g/mol. The van der Waals surface area contributed by atoms with Crippen molar-refractivity contribution in [2.45, 2.75) is 51.2 Å². The van der Waals surface area contributed by atoms with Crippen LogP contribution in [0.2, 0.25) is 0 Å². The molecule has 142 valence electrons. The van der Waals surface area contributed by atoms with Crippen molar-refractivity contribution in [3.05, 3.63) is 65.5 Å². The fourth-order valence-corrected chi connectivity index (χ4v) is 4.03. The van der Waals surface area contributed by atoms with Crippen molar-refractivity contribution in [1.82, 2.24) is 10.3 Å². The number of nitrogens with zero attached hydrogens (tertiary/aromatic N) is 1. The summed E-state index contributed by atoms with van der Waals surface area (Å²) in [5, 5.41) is 3.66. The van der Waals surface area contributed by atoms with Gasteiger partial charge in [0.15, 0.2) is 11.5 Å². The average Bonchev–Trinajstić information content (AvgIpc) is 3.29. The smallest absolute Gasteiger partial charge is 0.165 e. The molecule has 0 radical (unpaired) electrons. The van der Waals surface area contributed by atoms with Gasteiger partial charge in [0.1, 0.15) is 12.2 Å². The number of hydrogen-bond acceptors (Lipinski definition) is 4. The number of aromatic nitrogens is 1. The molecule has 0 saturated carbocycles. The van der Waals surface area contributed by atoms with Crippen LogP contribution in [-0.2, 0) is 6.42 Å². The zero-order chi connectivity index (χ0) is 18.7. The van der Waals surface area contributed by atoms with E-state index in [1.54, 1.807) is 0 Å². The topological polar surface area (TPSA) is 43.4 Å². The summed E-state index contributed by atoms with van der Waals surface area (Å²) in [6.07, 6.45) is 10.6. The lowest BCUT2D eigenvalue weighted by molar-refractivity contribution is 0.132. The van der Waals surface area contributed by atoms with Crippen molar-refractivity contribution in [2.75, 3.05) is 13.2 Å². The van der Waals surface area contributed by atoms with Gasteiger partial charge in [-0.15, -0.1) is 0 Å². The Kier molecular flexibility index (Phi) is 5.17. The molecule has 0 amide bonds. The summed E-state index contributed by atoms with van der Waals surface area (Å²) >= 11 is 0. The van der Waals surface area contributed by atoms with Crippen LogP contribution in [-0.4, -0.2) is 23.7 Å². The van der Waals surface area contributed by atoms with E-state index < -0.39 is 0 Å². The number of rotatable bonds is 7. The van der Waals surface area contributed by atoms with E-state index in [-0.39, 0.29) is 11.6 Å². The second kappa shape index (κ2) is 7.73. The van der Waals surface area contributed by atoms with E-state index in [4.69, 9.17) is 9.47 Å². The number of fused-ring (bicyclic) bond motifs is 1. The van der Waals surface area contributed by atoms with Gasteiger partial charge < -0.3 is 14.8 Å². The molecule has 0 bridgehead atoms. The second-order valence-electron chi connectivity index (χ2n) is 7.98. The molecule has 1 aromatic heterocycles. The highest BCUT2D eigenvalue weighted by molar-refractivity contribution is 5.50. The number of hydrogen-bond donors (Lipinski definition) is 1. The Labute approximate surface area is 161 Å². The summed E-state index contributed by atoms with van der Waals surface area (Å²) in [5.74, 6) is 1.75. The summed E-state index contributed by atoms with van der Waals surface area (Å²) in [6.45, 7) is 5.60. The minimum atomic E-state index is -0.152. The molecule has 2 heterocycles. The molecular formula is C23H28N2O2. The Balaban J connectivity index is 1.38. The van der Waals surface area contributed by atoms with Gasteiger partial charge in [0.05, 0.1) is 6.04 Å². The molecule has 27 heavy (non-hydrogen) atoms. The van der Waals surface area contributed by atoms with Crippen LogP contribution in [0, 0.1) is 0 Å². The quantitative estimate of drug-likeness (QED) is 0.575. The lowest BCUT2D eigenvalue weighted by Crippen LogP contribution is -2.27. The highest BCUT2D eigenvalue weighted by atomic mass is 16.5. The maximum absolute atomic E-state index is 6.09. The summed E-state index contributed by atoms with van der Waals surface area (Å²) in [6, 6.07) is 10.5. The third kappa shape index (κ3) is 4.16. The van der Waals surface area contributed by atoms with Gasteiger partial charge in [-0.05, 0) is 50.8 Å². The molecule has 0 unspecified atom stereocenters. The molecule has 0 spiro atoms. The van der Waals surface area contributed by atoms with Crippen molar-refractivity contribution in [2.24, 2.45) is 0 Å². The van der Waals surface area contributed by atoms with E-state index in [2.05, 4.69) is 42.4 Å². The Morgan fingerprint density at radius 2 is 2.19 bits per heavy atom. The molecule has 4 rings (SSSR count). The highest BCUT2D eigenvalue weighted by Crippen LogP contribution is 2.41. The van der Waals surface area contributed by atoms with Gasteiger partial charge in [-0.25, -0.2) is 0 Å². The predicted octanol–water partition coefficient (Wildman–Crippen LogP) is 4.62. The molecule has 2 aromatic rings. The van der Waals surface area contributed by atoms with Crippen molar-refractivity contribution in [3.63, 3.8) is 0 Å². The van der Waals surface area contributed by atoms with E-state index in [9.17, 15) is 0 Å². The monoisotopic (exact) mass is 364 g/mol. The standard InChI is InChI=1S/C23H28N2O2/c1-23(2)15-18-9-5-11-20(22(18)27-23)26-14-13-25-21(17-7-3-4-8-17)19-10-6-12-24-16-19/h5-7,9-12,16,21,25H,3-4,8,13-15H2,1-2H3/t21-/m1/s1. The molecule has 2 aliphatic rings. The van der Waals surface area contributed by atoms with Crippen LogP contribution in [0.3, 0.4) is 0 Å². The van der Waals surface area contributed by atoms with Crippen molar-refractivity contribution in [3.8, 4) is 11.5 Å². The maximum Gasteiger partial charge on any atom is 0.165 e. The minimum absolute atomic E-state index is 0.152. The van der Waals surface area contributed by atoms with Crippen LogP contribution in [0.5, 0.6) is 11.5 Å². The van der Waals surface area contributed by atoms with Gasteiger partial charge in [-0.1, -0.05) is 29.8 Å². The normalized spacial score (nSPS) is 18.5. The van der Waals surface area contributed by atoms with Gasteiger partial charge in [0, 0.05) is 30.9 Å². The first-order valence-electron chi connectivity index (χ1n) is 9.88.